The number of nitro groups is 1. The molecule has 7 nitrogen and oxygen atoms in total. The minimum absolute atomic E-state index is 0.0733. The van der Waals surface area contributed by atoms with Crippen LogP contribution < -0.4 is 4.74 Å². The van der Waals surface area contributed by atoms with Gasteiger partial charge in [-0.1, -0.05) is 15.9 Å². The number of carbonyl (C=O) groups is 1. The Morgan fingerprint density at radius 1 is 1.43 bits per heavy atom. The smallest absolute Gasteiger partial charge is 0.312 e. The zero-order chi connectivity index (χ0) is 15.4. The van der Waals surface area contributed by atoms with Gasteiger partial charge in [0.1, 0.15) is 6.10 Å². The third-order valence-electron chi connectivity index (χ3n) is 3.04. The Morgan fingerprint density at radius 2 is 2.19 bits per heavy atom. The molecule has 0 bridgehead atoms. The van der Waals surface area contributed by atoms with Gasteiger partial charge in [0.25, 0.3) is 0 Å². The van der Waals surface area contributed by atoms with Crippen LogP contribution in [0.5, 0.6) is 5.75 Å². The number of rotatable bonds is 7. The first-order valence-electron chi connectivity index (χ1n) is 6.26. The van der Waals surface area contributed by atoms with Crippen LogP contribution in [0, 0.1) is 10.1 Å². The fraction of sp³-hybridized carbons (Fsp3) is 0.462. The van der Waals surface area contributed by atoms with Gasteiger partial charge < -0.3 is 14.2 Å². The van der Waals surface area contributed by atoms with E-state index in [1.54, 1.807) is 6.07 Å². The number of halogens is 1. The summed E-state index contributed by atoms with van der Waals surface area (Å²) >= 11 is 3.17. The number of ether oxygens (including phenoxy) is 3. The monoisotopic (exact) mass is 359 g/mol. The van der Waals surface area contributed by atoms with E-state index < -0.39 is 17.1 Å². The molecule has 1 aromatic carbocycles. The summed E-state index contributed by atoms with van der Waals surface area (Å²) in [5, 5.41) is 11.0. The molecule has 1 aromatic rings. The van der Waals surface area contributed by atoms with Crippen LogP contribution in [-0.4, -0.2) is 43.2 Å². The lowest BCUT2D eigenvalue weighted by molar-refractivity contribution is -0.386. The topological polar surface area (TPSA) is 87.9 Å². The predicted octanol–water partition coefficient (Wildman–Crippen LogP) is 2.11. The third kappa shape index (κ3) is 3.78. The maximum Gasteiger partial charge on any atom is 0.312 e. The zero-order valence-electron chi connectivity index (χ0n) is 11.3. The molecular formula is C13H14BrNO6. The Bertz CT molecular complexity index is 549. The van der Waals surface area contributed by atoms with Crippen LogP contribution in [-0.2, 0) is 14.3 Å². The van der Waals surface area contributed by atoms with Gasteiger partial charge >= 0.3 is 5.69 Å². The van der Waals surface area contributed by atoms with E-state index in [9.17, 15) is 14.9 Å². The number of Topliss-reactive ketones (excluding diaryl/α,β-unsaturated/α-hetero) is 1. The Morgan fingerprint density at radius 3 is 2.81 bits per heavy atom. The van der Waals surface area contributed by atoms with E-state index in [1.165, 1.54) is 19.2 Å². The van der Waals surface area contributed by atoms with Crippen LogP contribution in [0.1, 0.15) is 6.42 Å². The van der Waals surface area contributed by atoms with Crippen LogP contribution >= 0.6 is 15.9 Å². The van der Waals surface area contributed by atoms with Gasteiger partial charge in [-0.05, 0) is 12.1 Å². The van der Waals surface area contributed by atoms with E-state index in [0.29, 0.717) is 11.1 Å². The van der Waals surface area contributed by atoms with Crippen molar-refractivity contribution >= 4 is 27.4 Å². The fourth-order valence-electron chi connectivity index (χ4n) is 1.93. The van der Waals surface area contributed by atoms with Crippen LogP contribution in [0.25, 0.3) is 0 Å². The van der Waals surface area contributed by atoms with E-state index in [1.807, 2.05) is 0 Å². The highest BCUT2D eigenvalue weighted by Crippen LogP contribution is 2.34. The Kier molecular flexibility index (Phi) is 5.27. The second kappa shape index (κ2) is 6.97. The normalized spacial score (nSPS) is 21.0. The van der Waals surface area contributed by atoms with Crippen molar-refractivity contribution in [1.29, 1.82) is 0 Å². The van der Waals surface area contributed by atoms with Crippen LogP contribution in [0.2, 0.25) is 0 Å². The standard InChI is InChI=1S/C13H14BrNO6/c1-19-4-5-20-13-10(16)7-12(13)21-11-3-2-8(14)6-9(11)15(17)18/h2-3,6,12-13H,4-5,7H2,1H3. The van der Waals surface area contributed by atoms with Gasteiger partial charge in [-0.15, -0.1) is 0 Å². The minimum Gasteiger partial charge on any atom is -0.480 e. The van der Waals surface area contributed by atoms with Gasteiger partial charge in [0.2, 0.25) is 0 Å². The summed E-state index contributed by atoms with van der Waals surface area (Å²) in [5.41, 5.74) is -0.153. The van der Waals surface area contributed by atoms with Crippen molar-refractivity contribution in [2.75, 3.05) is 20.3 Å². The first-order valence-corrected chi connectivity index (χ1v) is 7.06. The summed E-state index contributed by atoms with van der Waals surface area (Å²) in [6, 6.07) is 4.50. The molecule has 2 unspecified atom stereocenters. The van der Waals surface area contributed by atoms with Crippen molar-refractivity contribution in [2.45, 2.75) is 18.6 Å². The van der Waals surface area contributed by atoms with E-state index in [2.05, 4.69) is 15.9 Å². The quantitative estimate of drug-likeness (QED) is 0.420. The molecule has 1 aliphatic carbocycles. The molecule has 0 heterocycles. The maximum absolute atomic E-state index is 11.5. The van der Waals surface area contributed by atoms with Crippen molar-refractivity contribution in [3.63, 3.8) is 0 Å². The molecule has 2 atom stereocenters. The van der Waals surface area contributed by atoms with Crippen LogP contribution in [0.15, 0.2) is 22.7 Å². The molecule has 0 spiro atoms. The molecule has 0 aliphatic heterocycles. The second-order valence-electron chi connectivity index (χ2n) is 4.48. The molecule has 0 saturated heterocycles. The molecule has 0 N–H and O–H groups in total. The maximum atomic E-state index is 11.5. The van der Waals surface area contributed by atoms with Crippen molar-refractivity contribution in [3.05, 3.63) is 32.8 Å². The highest BCUT2D eigenvalue weighted by Gasteiger charge is 2.43. The second-order valence-corrected chi connectivity index (χ2v) is 5.40. The zero-order valence-corrected chi connectivity index (χ0v) is 12.9. The van der Waals surface area contributed by atoms with E-state index >= 15 is 0 Å². The van der Waals surface area contributed by atoms with E-state index in [-0.39, 0.29) is 30.2 Å². The molecule has 1 saturated carbocycles. The average molecular weight is 360 g/mol. The number of methoxy groups -OCH3 is 1. The number of hydrogen-bond acceptors (Lipinski definition) is 6. The van der Waals surface area contributed by atoms with Crippen LogP contribution in [0.4, 0.5) is 5.69 Å². The summed E-state index contributed by atoms with van der Waals surface area (Å²) < 4.78 is 16.3. The lowest BCUT2D eigenvalue weighted by Crippen LogP contribution is -2.52. The van der Waals surface area contributed by atoms with E-state index in [0.717, 1.165) is 0 Å². The molecule has 0 radical (unpaired) electrons. The summed E-state index contributed by atoms with van der Waals surface area (Å²) in [7, 11) is 1.53. The third-order valence-corrected chi connectivity index (χ3v) is 3.53. The lowest BCUT2D eigenvalue weighted by atomic mass is 9.90. The summed E-state index contributed by atoms with van der Waals surface area (Å²) in [5.74, 6) is 0.0527. The molecule has 2 rings (SSSR count). The van der Waals surface area contributed by atoms with Gasteiger partial charge in [-0.3, -0.25) is 14.9 Å². The number of nitro benzene ring substituents is 1. The van der Waals surface area contributed by atoms with Gasteiger partial charge in [-0.25, -0.2) is 0 Å². The largest absolute Gasteiger partial charge is 0.480 e. The Balaban J connectivity index is 2.04. The van der Waals surface area contributed by atoms with Gasteiger partial charge in [0.15, 0.2) is 17.6 Å². The highest BCUT2D eigenvalue weighted by molar-refractivity contribution is 9.10. The number of hydrogen-bond donors (Lipinski definition) is 0. The molecule has 8 heteroatoms. The number of nitrogens with zero attached hydrogens (tertiary/aromatic N) is 1. The van der Waals surface area contributed by atoms with Crippen molar-refractivity contribution in [3.8, 4) is 5.75 Å². The molecule has 0 aromatic heterocycles. The van der Waals surface area contributed by atoms with Crippen LogP contribution in [0.3, 0.4) is 0 Å². The first kappa shape index (κ1) is 15.9. The molecule has 1 fully saturated rings. The summed E-state index contributed by atoms with van der Waals surface area (Å²) in [6.45, 7) is 0.643. The predicted molar refractivity (Wildman–Crippen MR) is 76.5 cm³/mol. The number of benzene rings is 1. The van der Waals surface area contributed by atoms with Crippen molar-refractivity contribution < 1.29 is 23.9 Å². The first-order chi connectivity index (χ1) is 10.0. The highest BCUT2D eigenvalue weighted by atomic mass is 79.9. The molecular weight excluding hydrogens is 346 g/mol. The fourth-order valence-corrected chi connectivity index (χ4v) is 2.28. The summed E-state index contributed by atoms with van der Waals surface area (Å²) in [4.78, 5) is 22.0. The van der Waals surface area contributed by atoms with Crippen molar-refractivity contribution in [1.82, 2.24) is 0 Å². The molecule has 0 amide bonds. The average Bonchev–Trinajstić information content (AvgIpc) is 2.44. The van der Waals surface area contributed by atoms with Gasteiger partial charge in [0, 0.05) is 24.1 Å². The summed E-state index contributed by atoms with van der Waals surface area (Å²) in [6.07, 6.45) is -1.01. The van der Waals surface area contributed by atoms with Crippen molar-refractivity contribution in [2.24, 2.45) is 0 Å². The Labute approximate surface area is 129 Å². The van der Waals surface area contributed by atoms with Gasteiger partial charge in [-0.2, -0.15) is 0 Å². The minimum atomic E-state index is -0.691. The SMILES string of the molecule is COCCOC1C(=O)CC1Oc1ccc(Br)cc1[N+](=O)[O-]. The van der Waals surface area contributed by atoms with Gasteiger partial charge in [0.05, 0.1) is 18.1 Å². The molecule has 1 aliphatic rings. The molecule has 21 heavy (non-hydrogen) atoms. The number of ketones is 1. The number of carbonyl (C=O) groups excluding carboxylic acids is 1. The Hall–Kier alpha value is -1.51. The van der Waals surface area contributed by atoms with E-state index in [4.69, 9.17) is 14.2 Å². The molecule has 114 valence electrons. The lowest BCUT2D eigenvalue weighted by Gasteiger charge is -2.34.